The number of ether oxygens (including phenoxy) is 1. The first-order valence-electron chi connectivity index (χ1n) is 12.2. The predicted octanol–water partition coefficient (Wildman–Crippen LogP) is 3.11. The van der Waals surface area contributed by atoms with Gasteiger partial charge in [-0.15, -0.1) is 0 Å². The number of methoxy groups -OCH3 is 1. The molecular formula is C26H35N5O3. The molecule has 1 aromatic carbocycles. The molecule has 2 aliphatic carbocycles. The number of carbonyl (C=O) groups is 1. The zero-order valence-electron chi connectivity index (χ0n) is 20.3. The van der Waals surface area contributed by atoms with Crippen LogP contribution in [0.1, 0.15) is 50.5 Å². The number of hydrogen-bond donors (Lipinski definition) is 2. The van der Waals surface area contributed by atoms with Gasteiger partial charge in [0.15, 0.2) is 0 Å². The van der Waals surface area contributed by atoms with Crippen molar-refractivity contribution in [2.75, 3.05) is 32.6 Å². The summed E-state index contributed by atoms with van der Waals surface area (Å²) in [4.78, 5) is 25.3. The van der Waals surface area contributed by atoms with E-state index in [9.17, 15) is 9.90 Å². The molecule has 34 heavy (non-hydrogen) atoms. The third-order valence-corrected chi connectivity index (χ3v) is 8.40. The molecule has 1 spiro atoms. The zero-order chi connectivity index (χ0) is 24.0. The van der Waals surface area contributed by atoms with Crippen molar-refractivity contribution in [1.29, 1.82) is 0 Å². The lowest BCUT2D eigenvalue weighted by atomic mass is 9.54. The van der Waals surface area contributed by atoms with Gasteiger partial charge in [0.2, 0.25) is 0 Å². The Bertz CT molecular complexity index is 1010. The molecule has 8 nitrogen and oxygen atoms in total. The van der Waals surface area contributed by atoms with Gasteiger partial charge in [0.1, 0.15) is 0 Å². The van der Waals surface area contributed by atoms with Crippen LogP contribution in [-0.2, 0) is 5.41 Å². The topological polar surface area (TPSA) is 90.8 Å². The van der Waals surface area contributed by atoms with Crippen molar-refractivity contribution in [3.05, 3.63) is 48.3 Å². The number of anilines is 1. The molecule has 2 N–H and O–H groups in total. The summed E-state index contributed by atoms with van der Waals surface area (Å²) in [6.45, 7) is 0.587. The van der Waals surface area contributed by atoms with Crippen LogP contribution in [0, 0.1) is 0 Å². The second-order valence-corrected chi connectivity index (χ2v) is 10.6. The summed E-state index contributed by atoms with van der Waals surface area (Å²) in [6, 6.07) is 10.9. The molecule has 1 atom stereocenters. The first kappa shape index (κ1) is 23.1. The van der Waals surface area contributed by atoms with Crippen LogP contribution in [0.5, 0.6) is 6.01 Å². The van der Waals surface area contributed by atoms with Crippen LogP contribution in [0.15, 0.2) is 42.7 Å². The monoisotopic (exact) mass is 465 g/mol. The van der Waals surface area contributed by atoms with Crippen LogP contribution in [0.4, 0.5) is 10.5 Å². The number of amides is 2. The number of aliphatic hydroxyl groups is 1. The third kappa shape index (κ3) is 3.73. The number of carbonyl (C=O) groups excluding carboxylic acids is 1. The van der Waals surface area contributed by atoms with E-state index in [4.69, 9.17) is 4.74 Å². The Balaban J connectivity index is 1.42. The number of urea groups is 1. The molecular weight excluding hydrogens is 430 g/mol. The fourth-order valence-corrected chi connectivity index (χ4v) is 6.72. The van der Waals surface area contributed by atoms with Crippen LogP contribution in [-0.4, -0.2) is 70.9 Å². The van der Waals surface area contributed by atoms with Gasteiger partial charge >= 0.3 is 12.0 Å². The molecule has 2 heterocycles. The maximum Gasteiger partial charge on any atom is 0.322 e. The van der Waals surface area contributed by atoms with E-state index in [1.807, 2.05) is 0 Å². The summed E-state index contributed by atoms with van der Waals surface area (Å²) in [5.74, 6) is 0. The van der Waals surface area contributed by atoms with Crippen LogP contribution in [0.25, 0.3) is 0 Å². The van der Waals surface area contributed by atoms with E-state index in [1.165, 1.54) is 12.7 Å². The zero-order valence-corrected chi connectivity index (χ0v) is 20.3. The Labute approximate surface area is 201 Å². The molecule has 0 radical (unpaired) electrons. The molecule has 2 amide bonds. The predicted molar refractivity (Wildman–Crippen MR) is 130 cm³/mol. The quantitative estimate of drug-likeness (QED) is 0.681. The Kier molecular flexibility index (Phi) is 5.76. The van der Waals surface area contributed by atoms with Crippen molar-refractivity contribution >= 4 is 11.7 Å². The number of aromatic nitrogens is 2. The summed E-state index contributed by atoms with van der Waals surface area (Å²) in [5.41, 5.74) is 0.814. The average molecular weight is 466 g/mol. The van der Waals surface area contributed by atoms with E-state index >= 15 is 0 Å². The smallest absolute Gasteiger partial charge is 0.322 e. The van der Waals surface area contributed by atoms with Crippen molar-refractivity contribution < 1.29 is 14.6 Å². The second kappa shape index (κ2) is 8.50. The van der Waals surface area contributed by atoms with Crippen LogP contribution >= 0.6 is 0 Å². The summed E-state index contributed by atoms with van der Waals surface area (Å²) in [7, 11) is 5.71. The largest absolute Gasteiger partial charge is 0.467 e. The highest BCUT2D eigenvalue weighted by atomic mass is 16.5. The minimum atomic E-state index is -0.671. The van der Waals surface area contributed by atoms with Crippen molar-refractivity contribution in [2.24, 2.45) is 0 Å². The Morgan fingerprint density at radius 2 is 1.71 bits per heavy atom. The fraction of sp³-hybridized carbons (Fsp3) is 0.577. The maximum absolute atomic E-state index is 13.0. The minimum Gasteiger partial charge on any atom is -0.467 e. The molecule has 1 unspecified atom stereocenters. The lowest BCUT2D eigenvalue weighted by Crippen LogP contribution is -2.66. The van der Waals surface area contributed by atoms with E-state index in [0.29, 0.717) is 12.2 Å². The number of nitrogens with zero attached hydrogens (tertiary/aromatic N) is 4. The van der Waals surface area contributed by atoms with Gasteiger partial charge in [-0.2, -0.15) is 0 Å². The molecule has 182 valence electrons. The van der Waals surface area contributed by atoms with Gasteiger partial charge in [0.25, 0.3) is 0 Å². The Hall–Kier alpha value is -2.71. The second-order valence-electron chi connectivity index (χ2n) is 10.6. The van der Waals surface area contributed by atoms with Gasteiger partial charge in [-0.3, -0.25) is 4.90 Å². The number of hydrogen-bond acceptors (Lipinski definition) is 6. The van der Waals surface area contributed by atoms with Crippen molar-refractivity contribution in [3.63, 3.8) is 0 Å². The third-order valence-electron chi connectivity index (χ3n) is 8.40. The minimum absolute atomic E-state index is 0.0247. The van der Waals surface area contributed by atoms with E-state index in [1.54, 1.807) is 17.3 Å². The first-order chi connectivity index (χ1) is 16.3. The Morgan fingerprint density at radius 1 is 1.06 bits per heavy atom. The molecule has 2 saturated carbocycles. The number of likely N-dealkylation sites (N-methyl/N-ethyl adjacent to an activating group) is 1. The summed E-state index contributed by atoms with van der Waals surface area (Å²) in [6.07, 6.45) is 9.53. The number of benzene rings is 1. The molecule has 0 bridgehead atoms. The normalized spacial score (nSPS) is 29.1. The molecule has 1 aromatic heterocycles. The van der Waals surface area contributed by atoms with Gasteiger partial charge in [-0.25, -0.2) is 14.8 Å². The summed E-state index contributed by atoms with van der Waals surface area (Å²) >= 11 is 0. The van der Waals surface area contributed by atoms with Crippen LogP contribution < -0.4 is 15.0 Å². The number of nitrogens with one attached hydrogen (secondary N) is 1. The van der Waals surface area contributed by atoms with Gasteiger partial charge in [-0.1, -0.05) is 30.3 Å². The average Bonchev–Trinajstić information content (AvgIpc) is 3.15. The summed E-state index contributed by atoms with van der Waals surface area (Å²) in [5, 5.41) is 14.9. The van der Waals surface area contributed by atoms with Crippen LogP contribution in [0.2, 0.25) is 0 Å². The Morgan fingerprint density at radius 3 is 2.24 bits per heavy atom. The van der Waals surface area contributed by atoms with Crippen molar-refractivity contribution in [1.82, 2.24) is 20.2 Å². The van der Waals surface area contributed by atoms with E-state index < -0.39 is 5.60 Å². The van der Waals surface area contributed by atoms with Crippen molar-refractivity contribution in [3.8, 4) is 6.01 Å². The lowest BCUT2D eigenvalue weighted by molar-refractivity contribution is -0.125. The van der Waals surface area contributed by atoms with Gasteiger partial charge in [0, 0.05) is 11.5 Å². The van der Waals surface area contributed by atoms with Gasteiger partial charge in [-0.05, 0) is 64.6 Å². The van der Waals surface area contributed by atoms with E-state index in [0.717, 1.165) is 44.9 Å². The van der Waals surface area contributed by atoms with Gasteiger partial charge < -0.3 is 20.1 Å². The fourth-order valence-electron chi connectivity index (χ4n) is 6.72. The lowest BCUT2D eigenvalue weighted by Gasteiger charge is -2.58. The highest BCUT2D eigenvalue weighted by Crippen LogP contribution is 2.53. The molecule has 8 heteroatoms. The maximum atomic E-state index is 13.0. The van der Waals surface area contributed by atoms with E-state index in [-0.39, 0.29) is 29.0 Å². The highest BCUT2D eigenvalue weighted by Gasteiger charge is 2.58. The van der Waals surface area contributed by atoms with E-state index in [2.05, 4.69) is 64.6 Å². The van der Waals surface area contributed by atoms with Crippen LogP contribution in [0.3, 0.4) is 0 Å². The first-order valence-corrected chi connectivity index (χ1v) is 12.2. The molecule has 2 aromatic rings. The molecule has 3 fully saturated rings. The highest BCUT2D eigenvalue weighted by molar-refractivity contribution is 5.95. The standard InChI is InChI=1S/C26H35N5O3/c1-30(2)21(26(33)10-7-11-26)25(19-8-5-4-6-9-19)14-12-24(13-15-25)18-31(23(32)29-24)20-16-27-22(34-3)28-17-20/h4-6,8-9,16-17,21,33H,7,10-15,18H2,1-3H3,(H,29,32). The molecule has 5 rings (SSSR count). The molecule has 3 aliphatic rings. The molecule has 1 saturated heterocycles. The van der Waals surface area contributed by atoms with Crippen molar-refractivity contribution in [2.45, 2.75) is 67.5 Å². The SMILES string of the molecule is COc1ncc(N2CC3(CCC(c4ccccc4)(C(N(C)C)C4(O)CCC4)CC3)NC2=O)cn1. The number of rotatable bonds is 6. The molecule has 1 aliphatic heterocycles. The summed E-state index contributed by atoms with van der Waals surface area (Å²) < 4.78 is 5.05. The van der Waals surface area contributed by atoms with Gasteiger partial charge in [0.05, 0.1) is 42.9 Å².